The first-order valence-corrected chi connectivity index (χ1v) is 11.0. The van der Waals surface area contributed by atoms with Gasteiger partial charge in [-0.15, -0.1) is 0 Å². The van der Waals surface area contributed by atoms with E-state index in [-0.39, 0.29) is 16.5 Å². The second-order valence-electron chi connectivity index (χ2n) is 3.36. The molecule has 21 heavy (non-hydrogen) atoms. The molecule has 13 heteroatoms. The molecule has 0 saturated carbocycles. The Bertz CT molecular complexity index is 553. The molecule has 0 aliphatic carbocycles. The number of aliphatic carboxylic acids is 2. The number of rotatable bonds is 2. The van der Waals surface area contributed by atoms with Crippen molar-refractivity contribution in [2.24, 2.45) is 0 Å². The number of carboxylic acid groups (broad SMARTS) is 2. The summed E-state index contributed by atoms with van der Waals surface area (Å²) >= 11 is 0. The molecule has 2 aliphatic rings. The molecule has 8 nitrogen and oxygen atoms in total. The SMILES string of the molecule is N=S1C=CC(C(=O)O)S1=N.N=S1C=CC(C(=O)O)S1=N.[Ni]. The second kappa shape index (κ2) is 8.84. The van der Waals surface area contributed by atoms with Crippen molar-refractivity contribution in [1.29, 1.82) is 19.1 Å². The quantitative estimate of drug-likeness (QED) is 0.295. The van der Waals surface area contributed by atoms with Gasteiger partial charge in [0.25, 0.3) is 0 Å². The molecule has 2 heterocycles. The minimum absolute atomic E-state index is 0. The first-order chi connectivity index (χ1) is 9.25. The summed E-state index contributed by atoms with van der Waals surface area (Å²) in [5.74, 6) is -1.98. The molecule has 0 aromatic heterocycles. The van der Waals surface area contributed by atoms with Crippen LogP contribution in [-0.4, -0.2) is 32.7 Å². The third kappa shape index (κ3) is 5.33. The summed E-state index contributed by atoms with van der Waals surface area (Å²) in [6.45, 7) is 0. The standard InChI is InChI=1S/2C4H6N2O2S2.Ni/c2*5-9-2-1-3(4(7)8)10(9)6;/h2*1-3,5-6H,(H,7,8);. The van der Waals surface area contributed by atoms with Crippen LogP contribution in [-0.2, 0) is 65.0 Å². The first kappa shape index (κ1) is 20.5. The maximum Gasteiger partial charge on any atom is 0.322 e. The zero-order valence-corrected chi connectivity index (χ0v) is 14.4. The molecular weight excluding hydrogens is 403 g/mol. The third-order valence-corrected chi connectivity index (χ3v) is 9.54. The van der Waals surface area contributed by atoms with E-state index in [0.29, 0.717) is 0 Å². The molecular formula is C8H12N4NiO4S4. The normalized spacial score (nSPS) is 36.4. The Balaban J connectivity index is 0.000000364. The van der Waals surface area contributed by atoms with Crippen LogP contribution in [0.15, 0.2) is 23.0 Å². The van der Waals surface area contributed by atoms with Crippen LogP contribution in [0.2, 0.25) is 0 Å². The number of hydrogen-bond acceptors (Lipinski definition) is 6. The Labute approximate surface area is 139 Å². The molecule has 6 unspecified atom stereocenters. The summed E-state index contributed by atoms with van der Waals surface area (Å²) in [5, 5.41) is 18.4. The van der Waals surface area contributed by atoms with Gasteiger partial charge in [0, 0.05) is 16.5 Å². The monoisotopic (exact) mass is 414 g/mol. The number of carboxylic acids is 2. The summed E-state index contributed by atoms with van der Waals surface area (Å²) in [4.78, 5) is 20.6. The average Bonchev–Trinajstić information content (AvgIpc) is 2.86. The van der Waals surface area contributed by atoms with E-state index >= 15 is 0 Å². The number of carbonyl (C=O) groups is 2. The molecule has 6 atom stereocenters. The molecule has 2 rings (SSSR count). The van der Waals surface area contributed by atoms with Gasteiger partial charge in [-0.25, -0.2) is 0 Å². The maximum absolute atomic E-state index is 10.3. The molecule has 0 aromatic carbocycles. The van der Waals surface area contributed by atoms with Crippen molar-refractivity contribution in [3.63, 3.8) is 0 Å². The molecule has 0 amide bonds. The number of nitrogens with one attached hydrogen (secondary N) is 4. The van der Waals surface area contributed by atoms with E-state index in [1.165, 1.54) is 23.0 Å². The van der Waals surface area contributed by atoms with Gasteiger partial charge in [0.1, 0.15) is 10.5 Å². The molecule has 2 aliphatic heterocycles. The number of hydrogen-bond donors (Lipinski definition) is 6. The Morgan fingerprint density at radius 1 is 0.810 bits per heavy atom. The average molecular weight is 415 g/mol. The topological polar surface area (TPSA) is 170 Å². The smallest absolute Gasteiger partial charge is 0.322 e. The molecule has 0 aromatic rings. The van der Waals surface area contributed by atoms with Crippen molar-refractivity contribution >= 4 is 50.8 Å². The fourth-order valence-electron chi connectivity index (χ4n) is 1.12. The van der Waals surface area contributed by atoms with Crippen LogP contribution in [0.4, 0.5) is 0 Å². The Kier molecular flexibility index (Phi) is 8.63. The van der Waals surface area contributed by atoms with Gasteiger partial charge in [-0.1, -0.05) is 12.2 Å². The first-order valence-electron chi connectivity index (χ1n) is 4.86. The van der Waals surface area contributed by atoms with Crippen LogP contribution in [0, 0.1) is 19.1 Å². The van der Waals surface area contributed by atoms with Gasteiger partial charge in [-0.3, -0.25) is 28.7 Å². The van der Waals surface area contributed by atoms with E-state index in [0.717, 1.165) is 0 Å². The van der Waals surface area contributed by atoms with Gasteiger partial charge in [0.15, 0.2) is 0 Å². The zero-order valence-electron chi connectivity index (χ0n) is 10.1. The van der Waals surface area contributed by atoms with Crippen LogP contribution in [0.1, 0.15) is 0 Å². The molecule has 0 radical (unpaired) electrons. The van der Waals surface area contributed by atoms with Gasteiger partial charge in [-0.05, 0) is 49.7 Å². The predicted octanol–water partition coefficient (Wildman–Crippen LogP) is 1.28. The minimum Gasteiger partial charge on any atom is -0.480 e. The molecule has 0 fully saturated rings. The molecule has 0 spiro atoms. The van der Waals surface area contributed by atoms with Crippen LogP contribution in [0.3, 0.4) is 0 Å². The summed E-state index contributed by atoms with van der Waals surface area (Å²) < 4.78 is 28.8. The van der Waals surface area contributed by atoms with Crippen molar-refractivity contribution in [1.82, 2.24) is 0 Å². The van der Waals surface area contributed by atoms with Crippen molar-refractivity contribution in [2.75, 3.05) is 0 Å². The van der Waals surface area contributed by atoms with Gasteiger partial charge in [-0.2, -0.15) is 0 Å². The van der Waals surface area contributed by atoms with Crippen molar-refractivity contribution in [3.05, 3.63) is 23.0 Å². The van der Waals surface area contributed by atoms with E-state index in [1.54, 1.807) is 0 Å². The molecule has 122 valence electrons. The maximum atomic E-state index is 10.3. The van der Waals surface area contributed by atoms with Crippen LogP contribution in [0.25, 0.3) is 0 Å². The zero-order chi connectivity index (χ0) is 15.4. The molecule has 0 saturated heterocycles. The predicted molar refractivity (Wildman–Crippen MR) is 81.5 cm³/mol. The second-order valence-corrected chi connectivity index (χ2v) is 11.6. The van der Waals surface area contributed by atoms with Crippen LogP contribution in [0.5, 0.6) is 0 Å². The van der Waals surface area contributed by atoms with E-state index in [1.807, 2.05) is 0 Å². The van der Waals surface area contributed by atoms with Gasteiger partial charge in [0.05, 0.1) is 0 Å². The van der Waals surface area contributed by atoms with E-state index in [4.69, 9.17) is 29.3 Å². The van der Waals surface area contributed by atoms with Crippen molar-refractivity contribution < 1.29 is 36.3 Å². The summed E-state index contributed by atoms with van der Waals surface area (Å²) in [7, 11) is -3.87. The van der Waals surface area contributed by atoms with Crippen LogP contribution >= 0.6 is 0 Å². The van der Waals surface area contributed by atoms with Gasteiger partial charge in [0.2, 0.25) is 0 Å². The van der Waals surface area contributed by atoms with E-state index in [9.17, 15) is 9.59 Å². The minimum atomic E-state index is -1.05. The largest absolute Gasteiger partial charge is 0.480 e. The van der Waals surface area contributed by atoms with Gasteiger partial charge >= 0.3 is 11.9 Å². The Morgan fingerprint density at radius 2 is 1.10 bits per heavy atom. The summed E-state index contributed by atoms with van der Waals surface area (Å²) in [6.07, 6.45) is 2.88. The fourth-order valence-corrected chi connectivity index (χ4v) is 6.73. The summed E-state index contributed by atoms with van der Waals surface area (Å²) in [6, 6.07) is 0. The van der Waals surface area contributed by atoms with Crippen molar-refractivity contribution in [2.45, 2.75) is 10.5 Å². The van der Waals surface area contributed by atoms with Crippen molar-refractivity contribution in [3.8, 4) is 0 Å². The van der Waals surface area contributed by atoms with Crippen LogP contribution < -0.4 is 0 Å². The molecule has 6 N–H and O–H groups in total. The third-order valence-electron chi connectivity index (χ3n) is 2.09. The van der Waals surface area contributed by atoms with E-state index < -0.39 is 61.3 Å². The Hall–Kier alpha value is -0.486. The Morgan fingerprint density at radius 3 is 1.19 bits per heavy atom. The summed E-state index contributed by atoms with van der Waals surface area (Å²) in [5.41, 5.74) is 0. The van der Waals surface area contributed by atoms with Gasteiger partial charge < -0.3 is 10.2 Å². The fraction of sp³-hybridized carbons (Fsp3) is 0.250. The molecule has 0 bridgehead atoms. The van der Waals surface area contributed by atoms with E-state index in [2.05, 4.69) is 0 Å².